The number of para-hydroxylation sites is 1. The monoisotopic (exact) mass is 522 g/mol. The minimum atomic E-state index is -0.814. The van der Waals surface area contributed by atoms with E-state index in [9.17, 15) is 18.8 Å². The summed E-state index contributed by atoms with van der Waals surface area (Å²) in [6.07, 6.45) is 1.94. The molecule has 9 heteroatoms. The average Bonchev–Trinajstić information content (AvgIpc) is 2.87. The van der Waals surface area contributed by atoms with Crippen molar-refractivity contribution in [1.82, 2.24) is 5.32 Å². The largest absolute Gasteiger partial charge is 0.490 e. The molecule has 1 heterocycles. The molecular formula is C28H24ClFN2O5. The van der Waals surface area contributed by atoms with E-state index in [1.165, 1.54) is 24.3 Å². The number of hydrogen-bond donors (Lipinski definition) is 1. The van der Waals surface area contributed by atoms with Gasteiger partial charge in [0.25, 0.3) is 11.8 Å². The van der Waals surface area contributed by atoms with Crippen molar-refractivity contribution in [2.24, 2.45) is 0 Å². The van der Waals surface area contributed by atoms with Crippen molar-refractivity contribution < 1.29 is 28.2 Å². The summed E-state index contributed by atoms with van der Waals surface area (Å²) < 4.78 is 24.7. The van der Waals surface area contributed by atoms with Crippen LogP contribution < -0.4 is 19.7 Å². The van der Waals surface area contributed by atoms with E-state index in [0.717, 1.165) is 16.0 Å². The summed E-state index contributed by atoms with van der Waals surface area (Å²) >= 11 is 6.50. The topological polar surface area (TPSA) is 84.9 Å². The van der Waals surface area contributed by atoms with Crippen LogP contribution in [0, 0.1) is 5.82 Å². The van der Waals surface area contributed by atoms with Crippen molar-refractivity contribution in [1.29, 1.82) is 0 Å². The van der Waals surface area contributed by atoms with Gasteiger partial charge in [0.2, 0.25) is 0 Å². The highest BCUT2D eigenvalue weighted by Crippen LogP contribution is 2.38. The molecule has 0 radical (unpaired) electrons. The number of benzene rings is 3. The second-order valence-electron chi connectivity index (χ2n) is 8.12. The molecule has 7 nitrogen and oxygen atoms in total. The molecule has 37 heavy (non-hydrogen) atoms. The number of nitrogens with one attached hydrogen (secondary N) is 1. The Morgan fingerprint density at radius 1 is 1.00 bits per heavy atom. The number of anilines is 1. The Labute approximate surface area is 218 Å². The Balaban J connectivity index is 1.67. The van der Waals surface area contributed by atoms with Gasteiger partial charge in [-0.25, -0.2) is 14.1 Å². The Hall–Kier alpha value is -4.17. The van der Waals surface area contributed by atoms with Crippen LogP contribution in [0.1, 0.15) is 30.5 Å². The lowest BCUT2D eigenvalue weighted by Gasteiger charge is -2.28. The molecule has 0 aliphatic carbocycles. The van der Waals surface area contributed by atoms with Crippen LogP contribution in [0.5, 0.6) is 11.5 Å². The van der Waals surface area contributed by atoms with E-state index in [-0.39, 0.29) is 28.8 Å². The first kappa shape index (κ1) is 25.9. The van der Waals surface area contributed by atoms with Gasteiger partial charge in [0.05, 0.1) is 17.3 Å². The molecular weight excluding hydrogens is 499 g/mol. The lowest BCUT2D eigenvalue weighted by molar-refractivity contribution is -0.122. The predicted octanol–water partition coefficient (Wildman–Crippen LogP) is 5.69. The maximum atomic E-state index is 13.3. The van der Waals surface area contributed by atoms with Crippen molar-refractivity contribution in [3.63, 3.8) is 0 Å². The highest BCUT2D eigenvalue weighted by molar-refractivity contribution is 6.39. The zero-order valence-corrected chi connectivity index (χ0v) is 21.0. The van der Waals surface area contributed by atoms with E-state index in [2.05, 4.69) is 5.32 Å². The number of amides is 4. The molecule has 1 aliphatic heterocycles. The van der Waals surface area contributed by atoms with Crippen molar-refractivity contribution in [3.8, 4) is 11.5 Å². The smallest absolute Gasteiger partial charge is 0.335 e. The molecule has 0 spiro atoms. The summed E-state index contributed by atoms with van der Waals surface area (Å²) in [6, 6.07) is 15.2. The van der Waals surface area contributed by atoms with Crippen molar-refractivity contribution in [2.75, 3.05) is 11.5 Å². The lowest BCUT2D eigenvalue weighted by atomic mass is 10.0. The van der Waals surface area contributed by atoms with Gasteiger partial charge in [0.15, 0.2) is 11.5 Å². The van der Waals surface area contributed by atoms with Crippen LogP contribution in [-0.4, -0.2) is 24.5 Å². The average molecular weight is 523 g/mol. The van der Waals surface area contributed by atoms with Gasteiger partial charge in [-0.05, 0) is 66.4 Å². The fraction of sp³-hybridized carbons (Fsp3) is 0.179. The molecule has 3 aromatic carbocycles. The van der Waals surface area contributed by atoms with Gasteiger partial charge in [0.1, 0.15) is 18.0 Å². The van der Waals surface area contributed by atoms with Crippen LogP contribution in [0.25, 0.3) is 6.08 Å². The molecule has 1 fully saturated rings. The van der Waals surface area contributed by atoms with Crippen molar-refractivity contribution in [2.45, 2.75) is 26.9 Å². The molecule has 4 amide bonds. The second kappa shape index (κ2) is 11.3. The zero-order valence-electron chi connectivity index (χ0n) is 20.2. The van der Waals surface area contributed by atoms with Crippen LogP contribution in [0.15, 0.2) is 66.2 Å². The minimum absolute atomic E-state index is 0.120. The number of carbonyl (C=O) groups excluding carboxylic acids is 3. The molecule has 0 unspecified atom stereocenters. The maximum Gasteiger partial charge on any atom is 0.335 e. The molecule has 0 bridgehead atoms. The molecule has 190 valence electrons. The molecule has 4 rings (SSSR count). The van der Waals surface area contributed by atoms with E-state index >= 15 is 0 Å². The second-order valence-corrected chi connectivity index (χ2v) is 8.53. The van der Waals surface area contributed by atoms with E-state index in [0.29, 0.717) is 30.0 Å². The van der Waals surface area contributed by atoms with Crippen LogP contribution in [-0.2, 0) is 22.6 Å². The third-order valence-corrected chi connectivity index (χ3v) is 5.93. The van der Waals surface area contributed by atoms with E-state index < -0.39 is 17.8 Å². The number of barbiturate groups is 1. The SMILES string of the molecule is CCOc1cc(/C=C2/C(=O)NC(=O)N(c3ccccc3CC)C2=O)cc(Cl)c1OCc1ccc(F)cc1. The number of aryl methyl sites for hydroxylation is 1. The fourth-order valence-electron chi connectivity index (χ4n) is 3.88. The van der Waals surface area contributed by atoms with Crippen LogP contribution in [0.3, 0.4) is 0 Å². The van der Waals surface area contributed by atoms with E-state index in [1.807, 2.05) is 19.1 Å². The van der Waals surface area contributed by atoms with Gasteiger partial charge in [-0.2, -0.15) is 0 Å². The Bertz CT molecular complexity index is 1390. The highest BCUT2D eigenvalue weighted by Gasteiger charge is 2.37. The lowest BCUT2D eigenvalue weighted by Crippen LogP contribution is -2.54. The number of rotatable bonds is 8. The Kier molecular flexibility index (Phi) is 7.89. The number of ether oxygens (including phenoxy) is 2. The summed E-state index contributed by atoms with van der Waals surface area (Å²) in [5.74, 6) is -1.35. The molecule has 1 saturated heterocycles. The Morgan fingerprint density at radius 2 is 1.73 bits per heavy atom. The van der Waals surface area contributed by atoms with Gasteiger partial charge < -0.3 is 9.47 Å². The molecule has 1 N–H and O–H groups in total. The highest BCUT2D eigenvalue weighted by atomic mass is 35.5. The number of halogens is 2. The molecule has 3 aromatic rings. The number of hydrogen-bond acceptors (Lipinski definition) is 5. The number of imide groups is 2. The van der Waals surface area contributed by atoms with E-state index in [4.69, 9.17) is 21.1 Å². The summed E-state index contributed by atoms with van der Waals surface area (Å²) in [5.41, 5.74) is 2.09. The Morgan fingerprint density at radius 3 is 2.43 bits per heavy atom. The van der Waals surface area contributed by atoms with Crippen molar-refractivity contribution >= 4 is 41.2 Å². The van der Waals surface area contributed by atoms with Gasteiger partial charge in [0, 0.05) is 0 Å². The maximum absolute atomic E-state index is 13.3. The first-order valence-corrected chi connectivity index (χ1v) is 12.0. The predicted molar refractivity (Wildman–Crippen MR) is 138 cm³/mol. The molecule has 0 saturated carbocycles. The first-order valence-electron chi connectivity index (χ1n) is 11.6. The summed E-state index contributed by atoms with van der Waals surface area (Å²) in [4.78, 5) is 39.5. The number of urea groups is 1. The van der Waals surface area contributed by atoms with Gasteiger partial charge >= 0.3 is 6.03 Å². The summed E-state index contributed by atoms with van der Waals surface area (Å²) in [7, 11) is 0. The quantitative estimate of drug-likeness (QED) is 0.304. The van der Waals surface area contributed by atoms with Crippen LogP contribution in [0.4, 0.5) is 14.9 Å². The van der Waals surface area contributed by atoms with Crippen molar-refractivity contribution in [3.05, 3.63) is 93.8 Å². The third kappa shape index (κ3) is 5.65. The van der Waals surface area contributed by atoms with Gasteiger partial charge in [-0.1, -0.05) is 48.9 Å². The summed E-state index contributed by atoms with van der Waals surface area (Å²) in [6.45, 7) is 4.12. The molecule has 0 atom stereocenters. The van der Waals surface area contributed by atoms with E-state index in [1.54, 1.807) is 37.3 Å². The number of nitrogens with zero attached hydrogens (tertiary/aromatic N) is 1. The fourth-order valence-corrected chi connectivity index (χ4v) is 4.15. The normalized spacial score (nSPS) is 14.6. The number of carbonyl (C=O) groups is 3. The van der Waals surface area contributed by atoms with Crippen LogP contribution in [0.2, 0.25) is 5.02 Å². The van der Waals surface area contributed by atoms with Crippen LogP contribution >= 0.6 is 11.6 Å². The minimum Gasteiger partial charge on any atom is -0.490 e. The third-order valence-electron chi connectivity index (χ3n) is 5.65. The van der Waals surface area contributed by atoms with Gasteiger partial charge in [-0.3, -0.25) is 14.9 Å². The molecule has 0 aromatic heterocycles. The summed E-state index contributed by atoms with van der Waals surface area (Å²) in [5, 5.41) is 2.42. The first-order chi connectivity index (χ1) is 17.8. The standard InChI is InChI=1S/C28H24ClFN2O5/c1-3-19-7-5-6-8-23(19)32-27(34)21(26(33)31-28(32)35)13-18-14-22(29)25(24(15-18)36-4-2)37-16-17-9-11-20(30)12-10-17/h5-15H,3-4,16H2,1-2H3,(H,31,33,35)/b21-13-. The van der Waals surface area contributed by atoms with Gasteiger partial charge in [-0.15, -0.1) is 0 Å². The molecule has 1 aliphatic rings. The zero-order chi connectivity index (χ0) is 26.5.